The van der Waals surface area contributed by atoms with E-state index in [1.807, 2.05) is 91.0 Å². The fraction of sp³-hybridized carbons (Fsp3) is 0.143. The van der Waals surface area contributed by atoms with Crippen LogP contribution in [0.1, 0.15) is 33.4 Å². The third-order valence-electron chi connectivity index (χ3n) is 8.73. The third kappa shape index (κ3) is 7.71. The molecule has 0 amide bonds. The zero-order valence-electron chi connectivity index (χ0n) is 27.1. The minimum absolute atomic E-state index is 0.0792. The van der Waals surface area contributed by atoms with Crippen LogP contribution in [0.25, 0.3) is 33.4 Å². The summed E-state index contributed by atoms with van der Waals surface area (Å²) in [5.41, 5.74) is 12.6. The second kappa shape index (κ2) is 14.9. The lowest BCUT2D eigenvalue weighted by Crippen LogP contribution is -2.05. The molecule has 0 heterocycles. The predicted octanol–water partition coefficient (Wildman–Crippen LogP) is 11.7. The van der Waals surface area contributed by atoms with Crippen molar-refractivity contribution in [1.29, 1.82) is 0 Å². The molecule has 6 aromatic rings. The van der Waals surface area contributed by atoms with Gasteiger partial charge in [-0.1, -0.05) is 146 Å². The first-order valence-corrected chi connectivity index (χ1v) is 17.3. The molecule has 236 valence electrons. The van der Waals surface area contributed by atoms with Crippen LogP contribution >= 0.6 is 7.82 Å². The largest absolute Gasteiger partial charge is 0.475 e. The molecule has 0 bridgehead atoms. The van der Waals surface area contributed by atoms with Gasteiger partial charge < -0.3 is 0 Å². The molecular weight excluding hydrogens is 599 g/mol. The van der Waals surface area contributed by atoms with Crippen molar-refractivity contribution in [2.75, 3.05) is 0 Å². The van der Waals surface area contributed by atoms with Crippen LogP contribution in [0.2, 0.25) is 0 Å². The summed E-state index contributed by atoms with van der Waals surface area (Å²) in [6.45, 7) is 6.42. The summed E-state index contributed by atoms with van der Waals surface area (Å²) in [7, 11) is -4.04. The molecule has 6 aromatic carbocycles. The van der Waals surface area contributed by atoms with E-state index in [2.05, 4.69) is 75.4 Å². The minimum Gasteiger partial charge on any atom is -0.282 e. The van der Waals surface area contributed by atoms with E-state index in [0.717, 1.165) is 66.8 Å². The van der Waals surface area contributed by atoms with Gasteiger partial charge in [0.05, 0.1) is 19.8 Å². The molecule has 0 aliphatic heterocycles. The number of hydrogen-bond donors (Lipinski definition) is 0. The Bertz CT molecular complexity index is 1760. The second-order valence-electron chi connectivity index (χ2n) is 11.6. The van der Waals surface area contributed by atoms with E-state index in [9.17, 15) is 4.57 Å². The monoisotopic (exact) mass is 638 g/mol. The Labute approximate surface area is 278 Å². The maximum absolute atomic E-state index is 14.5. The van der Waals surface area contributed by atoms with E-state index < -0.39 is 7.82 Å². The van der Waals surface area contributed by atoms with E-state index >= 15 is 0 Å². The molecule has 0 aliphatic rings. The van der Waals surface area contributed by atoms with Crippen molar-refractivity contribution in [3.05, 3.63) is 179 Å². The van der Waals surface area contributed by atoms with Crippen molar-refractivity contribution in [2.24, 2.45) is 0 Å². The molecule has 0 radical (unpaired) electrons. The van der Waals surface area contributed by atoms with Gasteiger partial charge in [0.1, 0.15) is 0 Å². The van der Waals surface area contributed by atoms with Gasteiger partial charge in [0.2, 0.25) is 0 Å². The highest BCUT2D eigenvalue weighted by Gasteiger charge is 2.29. The molecule has 47 heavy (non-hydrogen) atoms. The van der Waals surface area contributed by atoms with Gasteiger partial charge in [0.15, 0.2) is 0 Å². The SMILES string of the molecule is Cc1c(COP(=O)(OCc2cccc(-c3ccccc3)c2C)OCc2cccc(-c3ccccc3)c2C)cccc1-c1ccccc1. The summed E-state index contributed by atoms with van der Waals surface area (Å²) in [5.74, 6) is 0. The number of benzene rings is 6. The highest BCUT2D eigenvalue weighted by Crippen LogP contribution is 2.52. The molecule has 0 saturated carbocycles. The summed E-state index contributed by atoms with van der Waals surface area (Å²) in [6.07, 6.45) is 0. The average molecular weight is 639 g/mol. The second-order valence-corrected chi connectivity index (χ2v) is 13.3. The Balaban J connectivity index is 1.26. The van der Waals surface area contributed by atoms with Gasteiger partial charge in [-0.15, -0.1) is 0 Å². The Hall–Kier alpha value is -4.57. The van der Waals surface area contributed by atoms with E-state index in [1.165, 1.54) is 0 Å². The third-order valence-corrected chi connectivity index (χ3v) is 10.1. The van der Waals surface area contributed by atoms with Gasteiger partial charge in [-0.25, -0.2) is 4.57 Å². The Morgan fingerprint density at radius 1 is 0.383 bits per heavy atom. The molecule has 0 fully saturated rings. The van der Waals surface area contributed by atoms with E-state index in [0.29, 0.717) is 0 Å². The Morgan fingerprint density at radius 3 is 0.936 bits per heavy atom. The van der Waals surface area contributed by atoms with Crippen LogP contribution in [-0.4, -0.2) is 0 Å². The van der Waals surface area contributed by atoms with Crippen LogP contribution in [0.5, 0.6) is 0 Å². The molecule has 0 atom stereocenters. The zero-order valence-corrected chi connectivity index (χ0v) is 28.0. The van der Waals surface area contributed by atoms with Crippen molar-refractivity contribution in [3.8, 4) is 33.4 Å². The van der Waals surface area contributed by atoms with Crippen LogP contribution < -0.4 is 0 Å². The Morgan fingerprint density at radius 2 is 0.660 bits per heavy atom. The van der Waals surface area contributed by atoms with Crippen LogP contribution in [-0.2, 0) is 38.0 Å². The minimum atomic E-state index is -4.04. The topological polar surface area (TPSA) is 44.8 Å². The van der Waals surface area contributed by atoms with Gasteiger partial charge in [-0.05, 0) is 87.5 Å². The van der Waals surface area contributed by atoms with Crippen molar-refractivity contribution in [1.82, 2.24) is 0 Å². The van der Waals surface area contributed by atoms with E-state index in [-0.39, 0.29) is 19.8 Å². The van der Waals surface area contributed by atoms with Gasteiger partial charge in [-0.2, -0.15) is 0 Å². The molecule has 0 saturated heterocycles. The van der Waals surface area contributed by atoms with Crippen molar-refractivity contribution < 1.29 is 18.1 Å². The standard InChI is InChI=1S/C42H39O4P/c1-31-37(22-13-25-40(31)34-16-7-4-8-17-34)28-44-47(43,45-29-38-23-14-26-41(32(38)2)35-18-9-5-10-19-35)46-30-39-24-15-27-42(33(39)3)36-20-11-6-12-21-36/h4-27H,28-30H2,1-3H3. The molecule has 6 rings (SSSR count). The maximum Gasteiger partial charge on any atom is 0.475 e. The molecule has 5 heteroatoms. The van der Waals surface area contributed by atoms with Gasteiger partial charge >= 0.3 is 7.82 Å². The quantitative estimate of drug-likeness (QED) is 0.125. The fourth-order valence-corrected chi connectivity index (χ4v) is 6.98. The lowest BCUT2D eigenvalue weighted by atomic mass is 9.97. The Kier molecular flexibility index (Phi) is 10.3. The fourth-order valence-electron chi connectivity index (χ4n) is 5.87. The smallest absolute Gasteiger partial charge is 0.282 e. The number of phosphoric acid groups is 1. The summed E-state index contributed by atoms with van der Waals surface area (Å²) in [4.78, 5) is 0. The first-order valence-electron chi connectivity index (χ1n) is 15.9. The number of rotatable bonds is 12. The summed E-state index contributed by atoms with van der Waals surface area (Å²) >= 11 is 0. The molecule has 0 spiro atoms. The highest BCUT2D eigenvalue weighted by molar-refractivity contribution is 7.48. The maximum atomic E-state index is 14.5. The van der Waals surface area contributed by atoms with Crippen LogP contribution in [0.4, 0.5) is 0 Å². The lowest BCUT2D eigenvalue weighted by Gasteiger charge is -2.21. The predicted molar refractivity (Wildman–Crippen MR) is 192 cm³/mol. The number of phosphoric ester groups is 1. The van der Waals surface area contributed by atoms with Gasteiger partial charge in [0.25, 0.3) is 0 Å². The summed E-state index contributed by atoms with van der Waals surface area (Å²) < 4.78 is 32.9. The van der Waals surface area contributed by atoms with Gasteiger partial charge in [-0.3, -0.25) is 13.6 Å². The lowest BCUT2D eigenvalue weighted by molar-refractivity contribution is 0.0975. The van der Waals surface area contributed by atoms with Crippen LogP contribution in [0.15, 0.2) is 146 Å². The molecule has 0 aromatic heterocycles. The summed E-state index contributed by atoms with van der Waals surface area (Å²) in [5, 5.41) is 0. The van der Waals surface area contributed by atoms with Crippen molar-refractivity contribution >= 4 is 7.82 Å². The first-order chi connectivity index (χ1) is 22.9. The first kappa shape index (κ1) is 32.4. The molecule has 0 unspecified atom stereocenters. The van der Waals surface area contributed by atoms with Crippen molar-refractivity contribution in [3.63, 3.8) is 0 Å². The number of hydrogen-bond acceptors (Lipinski definition) is 4. The normalized spacial score (nSPS) is 11.5. The average Bonchev–Trinajstić information content (AvgIpc) is 3.11. The molecule has 0 N–H and O–H groups in total. The van der Waals surface area contributed by atoms with Gasteiger partial charge in [0, 0.05) is 0 Å². The molecule has 0 aliphatic carbocycles. The zero-order chi connectivity index (χ0) is 32.6. The molecular formula is C42H39O4P. The van der Waals surface area contributed by atoms with Crippen molar-refractivity contribution in [2.45, 2.75) is 40.6 Å². The van der Waals surface area contributed by atoms with E-state index in [1.54, 1.807) is 0 Å². The summed E-state index contributed by atoms with van der Waals surface area (Å²) in [6, 6.07) is 48.9. The molecule has 4 nitrogen and oxygen atoms in total. The van der Waals surface area contributed by atoms with Crippen LogP contribution in [0.3, 0.4) is 0 Å². The van der Waals surface area contributed by atoms with E-state index in [4.69, 9.17) is 13.6 Å². The van der Waals surface area contributed by atoms with Crippen LogP contribution in [0, 0.1) is 20.8 Å². The highest BCUT2D eigenvalue weighted by atomic mass is 31.2.